The SMILES string of the molecule is C1CCC([N+]2(CCCCC[N+]3(C4CCCCC4)CCCC3)CCCC2)CC1. The Balaban J connectivity index is 1.24. The van der Waals surface area contributed by atoms with E-state index in [1.165, 1.54) is 123 Å². The second-order valence-electron chi connectivity index (χ2n) is 10.8. The first-order valence-corrected chi connectivity index (χ1v) is 13.0. The standard InChI is InChI=1S/C25H48N2/c1-4-14-24(15-5-1)26(20-10-11-21-26)18-8-3-9-19-27(22-12-13-23-27)25-16-6-2-7-17-25/h24-25H,1-23H2/q+2. The quantitative estimate of drug-likeness (QED) is 0.358. The summed E-state index contributed by atoms with van der Waals surface area (Å²) in [6, 6.07) is 2.08. The zero-order chi connectivity index (χ0) is 18.4. The van der Waals surface area contributed by atoms with Crippen molar-refractivity contribution < 1.29 is 8.97 Å². The van der Waals surface area contributed by atoms with E-state index in [2.05, 4.69) is 0 Å². The van der Waals surface area contributed by atoms with Crippen LogP contribution in [0.1, 0.15) is 109 Å². The molecule has 2 heterocycles. The van der Waals surface area contributed by atoms with Gasteiger partial charge in [-0.1, -0.05) is 12.8 Å². The zero-order valence-electron chi connectivity index (χ0n) is 18.3. The summed E-state index contributed by atoms with van der Waals surface area (Å²) < 4.78 is 3.09. The van der Waals surface area contributed by atoms with E-state index < -0.39 is 0 Å². The molecule has 156 valence electrons. The minimum Gasteiger partial charge on any atom is -0.321 e. The van der Waals surface area contributed by atoms with Crippen molar-refractivity contribution in [3.8, 4) is 0 Å². The summed E-state index contributed by atoms with van der Waals surface area (Å²) in [5.74, 6) is 0. The van der Waals surface area contributed by atoms with Gasteiger partial charge in [-0.2, -0.15) is 0 Å². The summed E-state index contributed by atoms with van der Waals surface area (Å²) in [5.41, 5.74) is 0. The number of likely N-dealkylation sites (tertiary alicyclic amines) is 2. The summed E-state index contributed by atoms with van der Waals surface area (Å²) in [4.78, 5) is 0. The van der Waals surface area contributed by atoms with Crippen LogP contribution in [0.2, 0.25) is 0 Å². The molecule has 2 saturated carbocycles. The fourth-order valence-electron chi connectivity index (χ4n) is 7.76. The predicted molar refractivity (Wildman–Crippen MR) is 116 cm³/mol. The molecule has 4 fully saturated rings. The summed E-state index contributed by atoms with van der Waals surface area (Å²) in [6.45, 7) is 9.13. The van der Waals surface area contributed by atoms with Crippen LogP contribution in [0, 0.1) is 0 Å². The van der Waals surface area contributed by atoms with Gasteiger partial charge in [0, 0.05) is 25.7 Å². The van der Waals surface area contributed by atoms with Crippen LogP contribution in [0.4, 0.5) is 0 Å². The Morgan fingerprint density at radius 2 is 0.778 bits per heavy atom. The second-order valence-corrected chi connectivity index (χ2v) is 10.8. The van der Waals surface area contributed by atoms with Crippen LogP contribution in [0.15, 0.2) is 0 Å². The molecular weight excluding hydrogens is 328 g/mol. The summed E-state index contributed by atoms with van der Waals surface area (Å²) in [5, 5.41) is 0. The van der Waals surface area contributed by atoms with Crippen LogP contribution in [0.5, 0.6) is 0 Å². The van der Waals surface area contributed by atoms with Crippen molar-refractivity contribution in [3.05, 3.63) is 0 Å². The lowest BCUT2D eigenvalue weighted by atomic mass is 9.91. The number of unbranched alkanes of at least 4 members (excludes halogenated alkanes) is 2. The van der Waals surface area contributed by atoms with Gasteiger partial charge in [0.15, 0.2) is 0 Å². The number of rotatable bonds is 8. The number of nitrogens with zero attached hydrogens (tertiary/aromatic N) is 2. The lowest BCUT2D eigenvalue weighted by molar-refractivity contribution is -0.943. The predicted octanol–water partition coefficient (Wildman–Crippen LogP) is 6.04. The molecule has 0 N–H and O–H groups in total. The van der Waals surface area contributed by atoms with Gasteiger partial charge in [-0.25, -0.2) is 0 Å². The molecule has 2 aliphatic carbocycles. The first-order chi connectivity index (χ1) is 13.3. The van der Waals surface area contributed by atoms with Crippen molar-refractivity contribution in [2.75, 3.05) is 39.3 Å². The summed E-state index contributed by atoms with van der Waals surface area (Å²) in [7, 11) is 0. The fraction of sp³-hybridized carbons (Fsp3) is 1.00. The van der Waals surface area contributed by atoms with Crippen molar-refractivity contribution in [1.29, 1.82) is 0 Å². The molecule has 2 nitrogen and oxygen atoms in total. The van der Waals surface area contributed by atoms with E-state index in [1.54, 1.807) is 34.6 Å². The molecule has 0 aromatic carbocycles. The number of quaternary nitrogens is 2. The van der Waals surface area contributed by atoms with Gasteiger partial charge in [0.1, 0.15) is 0 Å². The van der Waals surface area contributed by atoms with Gasteiger partial charge in [0.2, 0.25) is 0 Å². The molecule has 0 unspecified atom stereocenters. The first-order valence-electron chi connectivity index (χ1n) is 13.0. The molecule has 2 heteroatoms. The Morgan fingerprint density at radius 3 is 1.15 bits per heavy atom. The Hall–Kier alpha value is -0.0800. The van der Waals surface area contributed by atoms with Crippen molar-refractivity contribution >= 4 is 0 Å². The van der Waals surface area contributed by atoms with Crippen molar-refractivity contribution in [1.82, 2.24) is 0 Å². The third-order valence-electron chi connectivity index (χ3n) is 9.32. The summed E-state index contributed by atoms with van der Waals surface area (Å²) in [6.07, 6.45) is 25.9. The Labute approximate surface area is 169 Å². The van der Waals surface area contributed by atoms with Gasteiger partial charge < -0.3 is 8.97 Å². The lowest BCUT2D eigenvalue weighted by Crippen LogP contribution is -2.55. The first kappa shape index (κ1) is 20.2. The minimum absolute atomic E-state index is 1.04. The summed E-state index contributed by atoms with van der Waals surface area (Å²) >= 11 is 0. The van der Waals surface area contributed by atoms with E-state index in [0.29, 0.717) is 0 Å². The van der Waals surface area contributed by atoms with E-state index in [0.717, 1.165) is 12.1 Å². The molecule has 0 aromatic heterocycles. The van der Waals surface area contributed by atoms with Crippen LogP contribution >= 0.6 is 0 Å². The highest BCUT2D eigenvalue weighted by atomic mass is 15.4. The minimum atomic E-state index is 1.04. The molecule has 27 heavy (non-hydrogen) atoms. The van der Waals surface area contributed by atoms with E-state index in [-0.39, 0.29) is 0 Å². The monoisotopic (exact) mass is 376 g/mol. The van der Waals surface area contributed by atoms with Gasteiger partial charge in [0.05, 0.1) is 51.4 Å². The Morgan fingerprint density at radius 1 is 0.407 bits per heavy atom. The normalized spacial score (nSPS) is 29.3. The Kier molecular flexibility index (Phi) is 7.19. The molecule has 0 spiro atoms. The Bertz CT molecular complexity index is 382. The molecule has 0 atom stereocenters. The third-order valence-corrected chi connectivity index (χ3v) is 9.32. The van der Waals surface area contributed by atoms with Crippen molar-refractivity contribution in [3.63, 3.8) is 0 Å². The molecule has 0 amide bonds. The van der Waals surface area contributed by atoms with E-state index in [1.807, 2.05) is 0 Å². The van der Waals surface area contributed by atoms with Gasteiger partial charge >= 0.3 is 0 Å². The van der Waals surface area contributed by atoms with Crippen LogP contribution in [-0.4, -0.2) is 60.3 Å². The highest BCUT2D eigenvalue weighted by molar-refractivity contribution is 4.72. The average Bonchev–Trinajstić information content (AvgIpc) is 3.40. The van der Waals surface area contributed by atoms with Gasteiger partial charge in [-0.05, 0) is 70.6 Å². The zero-order valence-corrected chi connectivity index (χ0v) is 18.3. The number of hydrogen-bond donors (Lipinski definition) is 0. The maximum atomic E-state index is 1.54. The fourth-order valence-corrected chi connectivity index (χ4v) is 7.76. The molecule has 2 saturated heterocycles. The van der Waals surface area contributed by atoms with Crippen molar-refractivity contribution in [2.24, 2.45) is 0 Å². The molecule has 4 aliphatic rings. The van der Waals surface area contributed by atoms with Gasteiger partial charge in [-0.15, -0.1) is 0 Å². The highest BCUT2D eigenvalue weighted by Gasteiger charge is 2.41. The molecule has 2 aliphatic heterocycles. The maximum Gasteiger partial charge on any atom is 0.0890 e. The second kappa shape index (κ2) is 9.61. The van der Waals surface area contributed by atoms with Crippen LogP contribution in [0.25, 0.3) is 0 Å². The van der Waals surface area contributed by atoms with Gasteiger partial charge in [0.25, 0.3) is 0 Å². The highest BCUT2D eigenvalue weighted by Crippen LogP contribution is 2.35. The average molecular weight is 377 g/mol. The molecule has 0 aromatic rings. The topological polar surface area (TPSA) is 0 Å². The van der Waals surface area contributed by atoms with Gasteiger partial charge in [-0.3, -0.25) is 0 Å². The number of hydrogen-bond acceptors (Lipinski definition) is 0. The lowest BCUT2D eigenvalue weighted by Gasteiger charge is -2.44. The molecule has 0 radical (unpaired) electrons. The van der Waals surface area contributed by atoms with E-state index in [9.17, 15) is 0 Å². The smallest absolute Gasteiger partial charge is 0.0890 e. The third kappa shape index (κ3) is 4.74. The van der Waals surface area contributed by atoms with Crippen LogP contribution in [-0.2, 0) is 0 Å². The molecule has 0 bridgehead atoms. The maximum absolute atomic E-state index is 1.54. The largest absolute Gasteiger partial charge is 0.321 e. The van der Waals surface area contributed by atoms with E-state index in [4.69, 9.17) is 0 Å². The van der Waals surface area contributed by atoms with Crippen molar-refractivity contribution in [2.45, 2.75) is 121 Å². The molecule has 4 rings (SSSR count). The van der Waals surface area contributed by atoms with E-state index >= 15 is 0 Å². The van der Waals surface area contributed by atoms with Crippen LogP contribution in [0.3, 0.4) is 0 Å². The van der Waals surface area contributed by atoms with Crippen LogP contribution < -0.4 is 0 Å². The molecular formula is C25H48N2+2.